The predicted octanol–water partition coefficient (Wildman–Crippen LogP) is 3.08. The summed E-state index contributed by atoms with van der Waals surface area (Å²) < 4.78 is 5.65. The minimum atomic E-state index is 0.703. The van der Waals surface area contributed by atoms with Crippen LogP contribution in [0.25, 0.3) is 0 Å². The zero-order chi connectivity index (χ0) is 10.7. The molecule has 0 aliphatic carbocycles. The van der Waals surface area contributed by atoms with E-state index >= 15 is 0 Å². The molecule has 2 heteroatoms. The highest BCUT2D eigenvalue weighted by Crippen LogP contribution is 2.28. The van der Waals surface area contributed by atoms with E-state index in [1.54, 1.807) is 0 Å². The summed E-state index contributed by atoms with van der Waals surface area (Å²) in [6.07, 6.45) is 2.21. The van der Waals surface area contributed by atoms with Gasteiger partial charge in [0.2, 0.25) is 0 Å². The summed E-state index contributed by atoms with van der Waals surface area (Å²) in [6, 6.07) is 6.48. The van der Waals surface area contributed by atoms with Crippen molar-refractivity contribution >= 4 is 5.69 Å². The molecule has 0 saturated heterocycles. The van der Waals surface area contributed by atoms with Crippen LogP contribution in [-0.2, 0) is 6.42 Å². The third kappa shape index (κ3) is 2.65. The highest BCUT2D eigenvalue weighted by Gasteiger charge is 2.09. The minimum Gasteiger partial charge on any atom is -0.491 e. The van der Waals surface area contributed by atoms with Gasteiger partial charge in [-0.1, -0.05) is 19.9 Å². The molecule has 1 heterocycles. The third-order valence-electron chi connectivity index (χ3n) is 2.58. The third-order valence-corrected chi connectivity index (χ3v) is 2.58. The average Bonchev–Trinajstić information content (AvgIpc) is 2.41. The van der Waals surface area contributed by atoms with Gasteiger partial charge in [0.15, 0.2) is 0 Å². The molecule has 0 spiro atoms. The molecule has 0 unspecified atom stereocenters. The number of nitrogens with one attached hydrogen (secondary N) is 1. The van der Waals surface area contributed by atoms with Gasteiger partial charge in [0.25, 0.3) is 0 Å². The van der Waals surface area contributed by atoms with E-state index in [4.69, 9.17) is 4.74 Å². The van der Waals surface area contributed by atoms with E-state index in [-0.39, 0.29) is 0 Å². The van der Waals surface area contributed by atoms with Crippen molar-refractivity contribution in [3.63, 3.8) is 0 Å². The van der Waals surface area contributed by atoms with E-state index in [0.29, 0.717) is 5.92 Å². The van der Waals surface area contributed by atoms with Gasteiger partial charge in [0.05, 0.1) is 12.3 Å². The number of hydrogen-bond donors (Lipinski definition) is 1. The Hall–Kier alpha value is -1.18. The first kappa shape index (κ1) is 10.3. The van der Waals surface area contributed by atoms with E-state index in [0.717, 1.165) is 37.4 Å². The molecule has 2 rings (SSSR count). The van der Waals surface area contributed by atoms with Gasteiger partial charge >= 0.3 is 0 Å². The van der Waals surface area contributed by atoms with Crippen molar-refractivity contribution in [1.82, 2.24) is 0 Å². The van der Waals surface area contributed by atoms with Crippen molar-refractivity contribution in [3.8, 4) is 5.75 Å². The second-order valence-corrected chi connectivity index (χ2v) is 4.56. The smallest absolute Gasteiger partial charge is 0.142 e. The van der Waals surface area contributed by atoms with Gasteiger partial charge in [-0.3, -0.25) is 0 Å². The molecule has 0 amide bonds. The van der Waals surface area contributed by atoms with Crippen LogP contribution in [0.5, 0.6) is 5.75 Å². The Morgan fingerprint density at radius 1 is 1.40 bits per heavy atom. The molecule has 0 bridgehead atoms. The lowest BCUT2D eigenvalue weighted by molar-refractivity contribution is 0.323. The van der Waals surface area contributed by atoms with E-state index in [1.807, 2.05) is 0 Å². The fraction of sp³-hybridized carbons (Fsp3) is 0.538. The Morgan fingerprint density at radius 3 is 3.07 bits per heavy atom. The zero-order valence-electron chi connectivity index (χ0n) is 9.55. The number of hydrogen-bond acceptors (Lipinski definition) is 2. The number of benzene rings is 1. The van der Waals surface area contributed by atoms with Gasteiger partial charge in [-0.15, -0.1) is 0 Å². The summed E-state index contributed by atoms with van der Waals surface area (Å²) in [4.78, 5) is 0. The molecule has 1 aromatic rings. The molecular formula is C13H19NO. The average molecular weight is 205 g/mol. The maximum absolute atomic E-state index is 5.65. The van der Waals surface area contributed by atoms with Crippen LogP contribution in [0.3, 0.4) is 0 Å². The van der Waals surface area contributed by atoms with Crippen molar-refractivity contribution < 1.29 is 4.74 Å². The molecule has 0 saturated carbocycles. The van der Waals surface area contributed by atoms with E-state index in [1.165, 1.54) is 5.56 Å². The first-order chi connectivity index (χ1) is 7.25. The standard InChI is InChI=1S/C13H19NO/c1-10(2)8-11-4-5-13-12(9-11)14-6-3-7-15-13/h4-5,9-10,14H,3,6-8H2,1-2H3. The van der Waals surface area contributed by atoms with Crippen LogP contribution in [0.15, 0.2) is 18.2 Å². The number of fused-ring (bicyclic) bond motifs is 1. The van der Waals surface area contributed by atoms with Gasteiger partial charge in [-0.25, -0.2) is 0 Å². The van der Waals surface area contributed by atoms with Gasteiger partial charge < -0.3 is 10.1 Å². The molecule has 0 radical (unpaired) electrons. The summed E-state index contributed by atoms with van der Waals surface area (Å²) >= 11 is 0. The Balaban J connectivity index is 2.20. The molecule has 0 fully saturated rings. The predicted molar refractivity (Wildman–Crippen MR) is 63.6 cm³/mol. The SMILES string of the molecule is CC(C)Cc1ccc2c(c1)NCCCO2. The Labute approximate surface area is 91.6 Å². The van der Waals surface area contributed by atoms with Gasteiger partial charge in [-0.2, -0.15) is 0 Å². The van der Waals surface area contributed by atoms with Crippen LogP contribution in [0.1, 0.15) is 25.8 Å². The van der Waals surface area contributed by atoms with Gasteiger partial charge in [-0.05, 0) is 36.5 Å². The molecule has 1 aromatic carbocycles. The maximum Gasteiger partial charge on any atom is 0.142 e. The highest BCUT2D eigenvalue weighted by molar-refractivity contribution is 5.58. The molecule has 2 nitrogen and oxygen atoms in total. The molecule has 0 aromatic heterocycles. The topological polar surface area (TPSA) is 21.3 Å². The maximum atomic E-state index is 5.65. The van der Waals surface area contributed by atoms with E-state index in [9.17, 15) is 0 Å². The quantitative estimate of drug-likeness (QED) is 0.801. The van der Waals surface area contributed by atoms with Crippen molar-refractivity contribution in [3.05, 3.63) is 23.8 Å². The van der Waals surface area contributed by atoms with Crippen LogP contribution in [-0.4, -0.2) is 13.2 Å². The normalized spacial score (nSPS) is 15.1. The Bertz CT molecular complexity index is 333. The number of anilines is 1. The lowest BCUT2D eigenvalue weighted by Crippen LogP contribution is -2.00. The van der Waals surface area contributed by atoms with Crippen LogP contribution >= 0.6 is 0 Å². The lowest BCUT2D eigenvalue weighted by atomic mass is 10.0. The second-order valence-electron chi connectivity index (χ2n) is 4.56. The van der Waals surface area contributed by atoms with Crippen molar-refractivity contribution in [2.24, 2.45) is 5.92 Å². The fourth-order valence-corrected chi connectivity index (χ4v) is 1.92. The van der Waals surface area contributed by atoms with Crippen LogP contribution < -0.4 is 10.1 Å². The highest BCUT2D eigenvalue weighted by atomic mass is 16.5. The summed E-state index contributed by atoms with van der Waals surface area (Å²) in [6.45, 7) is 6.33. The zero-order valence-corrected chi connectivity index (χ0v) is 9.55. The van der Waals surface area contributed by atoms with Crippen molar-refractivity contribution in [1.29, 1.82) is 0 Å². The summed E-state index contributed by atoms with van der Waals surface area (Å²) in [5, 5.41) is 3.41. The summed E-state index contributed by atoms with van der Waals surface area (Å²) in [5.41, 5.74) is 2.55. The number of ether oxygens (including phenoxy) is 1. The van der Waals surface area contributed by atoms with Crippen molar-refractivity contribution in [2.45, 2.75) is 26.7 Å². The number of rotatable bonds is 2. The second kappa shape index (κ2) is 4.56. The molecule has 1 N–H and O–H groups in total. The monoisotopic (exact) mass is 205 g/mol. The summed E-state index contributed by atoms with van der Waals surface area (Å²) in [5.74, 6) is 1.70. The van der Waals surface area contributed by atoms with Crippen LogP contribution in [0, 0.1) is 5.92 Å². The van der Waals surface area contributed by atoms with Crippen LogP contribution in [0.4, 0.5) is 5.69 Å². The van der Waals surface area contributed by atoms with E-state index < -0.39 is 0 Å². The van der Waals surface area contributed by atoms with Crippen molar-refractivity contribution in [2.75, 3.05) is 18.5 Å². The first-order valence-corrected chi connectivity index (χ1v) is 5.75. The molecule has 82 valence electrons. The first-order valence-electron chi connectivity index (χ1n) is 5.75. The largest absolute Gasteiger partial charge is 0.491 e. The summed E-state index contributed by atoms with van der Waals surface area (Å²) in [7, 11) is 0. The Kier molecular flexibility index (Phi) is 3.14. The molecule has 1 aliphatic rings. The van der Waals surface area contributed by atoms with E-state index in [2.05, 4.69) is 37.4 Å². The molecule has 1 aliphatic heterocycles. The lowest BCUT2D eigenvalue weighted by Gasteiger charge is -2.11. The molecule has 0 atom stereocenters. The molecule has 15 heavy (non-hydrogen) atoms. The van der Waals surface area contributed by atoms with Gasteiger partial charge in [0, 0.05) is 6.54 Å². The van der Waals surface area contributed by atoms with Crippen LogP contribution in [0.2, 0.25) is 0 Å². The molecular weight excluding hydrogens is 186 g/mol. The minimum absolute atomic E-state index is 0.703. The van der Waals surface area contributed by atoms with Gasteiger partial charge in [0.1, 0.15) is 5.75 Å². The fourth-order valence-electron chi connectivity index (χ4n) is 1.92. The Morgan fingerprint density at radius 2 is 2.27 bits per heavy atom.